The van der Waals surface area contributed by atoms with E-state index in [2.05, 4.69) is 18.7 Å². The minimum Gasteiger partial charge on any atom is -0.396 e. The molecule has 0 bridgehead atoms. The summed E-state index contributed by atoms with van der Waals surface area (Å²) in [6.07, 6.45) is 0.904. The minimum atomic E-state index is 0. The van der Waals surface area contributed by atoms with Crippen LogP contribution in [-0.4, -0.2) is 36.2 Å². The Balaban J connectivity index is 0. The van der Waals surface area contributed by atoms with Crippen LogP contribution in [0.5, 0.6) is 0 Å². The van der Waals surface area contributed by atoms with E-state index in [1.54, 1.807) is 0 Å². The molecule has 0 heterocycles. The second-order valence-corrected chi connectivity index (χ2v) is 2.10. The fraction of sp³-hybridized carbons (Fsp3) is 1.00. The van der Waals surface area contributed by atoms with Gasteiger partial charge >= 0.3 is 0 Å². The molecule has 0 atom stereocenters. The summed E-state index contributed by atoms with van der Waals surface area (Å²) < 4.78 is 0. The molecule has 0 fully saturated rings. The van der Waals surface area contributed by atoms with Crippen molar-refractivity contribution >= 4 is 0 Å². The number of hydrogen-bond donors (Lipinski definition) is 1. The monoisotopic (exact) mass is 179 g/mol. The van der Waals surface area contributed by atoms with Crippen molar-refractivity contribution in [2.75, 3.05) is 26.2 Å². The van der Waals surface area contributed by atoms with E-state index in [0.717, 1.165) is 26.1 Å². The van der Waals surface area contributed by atoms with Crippen LogP contribution in [0.2, 0.25) is 0 Å². The molecule has 0 aromatic heterocycles. The van der Waals surface area contributed by atoms with Gasteiger partial charge in [0.15, 0.2) is 0 Å². The van der Waals surface area contributed by atoms with Gasteiger partial charge in [-0.15, -0.1) is 0 Å². The minimum absolute atomic E-state index is 0. The maximum absolute atomic E-state index is 8.48. The molecule has 3 heteroatoms. The van der Waals surface area contributed by atoms with E-state index in [4.69, 9.17) is 5.11 Å². The first-order valence-electron chi connectivity index (χ1n) is 3.68. The van der Waals surface area contributed by atoms with Crippen molar-refractivity contribution in [3.8, 4) is 0 Å². The van der Waals surface area contributed by atoms with Crippen molar-refractivity contribution in [2.24, 2.45) is 0 Å². The van der Waals surface area contributed by atoms with E-state index >= 15 is 0 Å². The maximum Gasteiger partial charge on any atom is 0.0443 e. The van der Waals surface area contributed by atoms with Gasteiger partial charge in [-0.25, -0.2) is 0 Å². The average molecular weight is 179 g/mol. The average Bonchev–Trinajstić information content (AvgIpc) is 1.91. The van der Waals surface area contributed by atoms with Crippen LogP contribution in [0.1, 0.15) is 20.3 Å². The summed E-state index contributed by atoms with van der Waals surface area (Å²) in [6.45, 7) is 7.81. The molecule has 0 aromatic rings. The molecular formula is C7H17NOTi. The second-order valence-electron chi connectivity index (χ2n) is 2.10. The van der Waals surface area contributed by atoms with E-state index in [1.807, 2.05) is 0 Å². The summed E-state index contributed by atoms with van der Waals surface area (Å²) >= 11 is 0. The van der Waals surface area contributed by atoms with Gasteiger partial charge in [-0.1, -0.05) is 13.8 Å². The molecular weight excluding hydrogens is 162 g/mol. The predicted octanol–water partition coefficient (Wildman–Crippen LogP) is 0.708. The van der Waals surface area contributed by atoms with Gasteiger partial charge in [0.25, 0.3) is 0 Å². The summed E-state index contributed by atoms with van der Waals surface area (Å²) in [7, 11) is 0. The van der Waals surface area contributed by atoms with E-state index < -0.39 is 0 Å². The van der Waals surface area contributed by atoms with E-state index in [1.165, 1.54) is 0 Å². The zero-order chi connectivity index (χ0) is 7.11. The molecule has 0 aliphatic heterocycles. The smallest absolute Gasteiger partial charge is 0.0443 e. The van der Waals surface area contributed by atoms with Crippen molar-refractivity contribution in [2.45, 2.75) is 20.3 Å². The molecule has 0 aliphatic carbocycles. The molecule has 0 spiro atoms. The topological polar surface area (TPSA) is 23.5 Å². The van der Waals surface area contributed by atoms with Gasteiger partial charge in [-0.2, -0.15) is 0 Å². The van der Waals surface area contributed by atoms with Gasteiger partial charge in [0.2, 0.25) is 0 Å². The zero-order valence-corrected chi connectivity index (χ0v) is 8.49. The quantitative estimate of drug-likeness (QED) is 0.628. The molecule has 10 heavy (non-hydrogen) atoms. The molecule has 0 rings (SSSR count). The molecule has 0 saturated carbocycles. The Morgan fingerprint density at radius 3 is 2.00 bits per heavy atom. The zero-order valence-electron chi connectivity index (χ0n) is 6.93. The SMILES string of the molecule is CCN(CC)CCCO.[Ti]. The van der Waals surface area contributed by atoms with Crippen LogP contribution in [0.4, 0.5) is 0 Å². The number of aliphatic hydroxyl groups excluding tert-OH is 1. The normalized spacial score (nSPS) is 9.60. The molecule has 0 amide bonds. The third-order valence-corrected chi connectivity index (χ3v) is 1.53. The number of aliphatic hydroxyl groups is 1. The summed E-state index contributed by atoms with van der Waals surface area (Å²) in [5, 5.41) is 8.48. The molecule has 0 aromatic carbocycles. The Labute approximate surface area is 78.5 Å². The first-order valence-corrected chi connectivity index (χ1v) is 3.68. The van der Waals surface area contributed by atoms with Crippen molar-refractivity contribution in [1.29, 1.82) is 0 Å². The number of nitrogens with zero attached hydrogens (tertiary/aromatic N) is 1. The third kappa shape index (κ3) is 6.75. The van der Waals surface area contributed by atoms with E-state index in [0.29, 0.717) is 6.61 Å². The van der Waals surface area contributed by atoms with Gasteiger partial charge in [-0.05, 0) is 19.5 Å². The standard InChI is InChI=1S/C7H17NO.Ti/c1-3-8(4-2)6-5-7-9;/h9H,3-7H2,1-2H3;. The van der Waals surface area contributed by atoms with Crippen LogP contribution in [0.3, 0.4) is 0 Å². The second kappa shape index (κ2) is 9.63. The van der Waals surface area contributed by atoms with Gasteiger partial charge in [0.05, 0.1) is 0 Å². The molecule has 60 valence electrons. The van der Waals surface area contributed by atoms with E-state index in [-0.39, 0.29) is 21.7 Å². The fourth-order valence-electron chi connectivity index (χ4n) is 0.834. The van der Waals surface area contributed by atoms with Gasteiger partial charge < -0.3 is 10.0 Å². The first kappa shape index (κ1) is 13.2. The third-order valence-electron chi connectivity index (χ3n) is 1.53. The van der Waals surface area contributed by atoms with Gasteiger partial charge in [0, 0.05) is 34.9 Å². The van der Waals surface area contributed by atoms with E-state index in [9.17, 15) is 0 Å². The summed E-state index contributed by atoms with van der Waals surface area (Å²) in [6, 6.07) is 0. The fourth-order valence-corrected chi connectivity index (χ4v) is 0.834. The molecule has 0 unspecified atom stereocenters. The molecule has 0 saturated heterocycles. The Kier molecular flexibility index (Phi) is 12.8. The van der Waals surface area contributed by atoms with Crippen molar-refractivity contribution in [3.63, 3.8) is 0 Å². The van der Waals surface area contributed by atoms with Crippen LogP contribution in [0.25, 0.3) is 0 Å². The summed E-state index contributed by atoms with van der Waals surface area (Å²) in [5.74, 6) is 0. The Bertz CT molecular complexity index is 57.6. The van der Waals surface area contributed by atoms with Gasteiger partial charge in [0.1, 0.15) is 0 Å². The first-order chi connectivity index (χ1) is 4.35. The van der Waals surface area contributed by atoms with Crippen LogP contribution >= 0.6 is 0 Å². The number of hydrogen-bond acceptors (Lipinski definition) is 2. The Morgan fingerprint density at radius 1 is 1.20 bits per heavy atom. The van der Waals surface area contributed by atoms with Crippen molar-refractivity contribution in [3.05, 3.63) is 0 Å². The summed E-state index contributed by atoms with van der Waals surface area (Å²) in [5.41, 5.74) is 0. The van der Waals surface area contributed by atoms with Crippen LogP contribution in [0, 0.1) is 0 Å². The Morgan fingerprint density at radius 2 is 1.70 bits per heavy atom. The van der Waals surface area contributed by atoms with Gasteiger partial charge in [-0.3, -0.25) is 0 Å². The molecule has 2 nitrogen and oxygen atoms in total. The molecule has 0 radical (unpaired) electrons. The van der Waals surface area contributed by atoms with Crippen molar-refractivity contribution in [1.82, 2.24) is 4.90 Å². The predicted molar refractivity (Wildman–Crippen MR) is 39.5 cm³/mol. The van der Waals surface area contributed by atoms with Crippen molar-refractivity contribution < 1.29 is 26.8 Å². The Hall–Kier alpha value is 0.634. The van der Waals surface area contributed by atoms with Crippen LogP contribution in [-0.2, 0) is 21.7 Å². The van der Waals surface area contributed by atoms with Crippen LogP contribution < -0.4 is 0 Å². The number of rotatable bonds is 5. The largest absolute Gasteiger partial charge is 0.396 e. The maximum atomic E-state index is 8.48. The molecule has 0 aliphatic rings. The summed E-state index contributed by atoms with van der Waals surface area (Å²) in [4.78, 5) is 2.30. The molecule has 1 N–H and O–H groups in total. The van der Waals surface area contributed by atoms with Crippen LogP contribution in [0.15, 0.2) is 0 Å².